The van der Waals surface area contributed by atoms with Gasteiger partial charge in [-0.2, -0.15) is 0 Å². The fraction of sp³-hybridized carbons (Fsp3) is 0.619. The first-order chi connectivity index (χ1) is 12.1. The highest BCUT2D eigenvalue weighted by atomic mass is 16.6. The van der Waals surface area contributed by atoms with Gasteiger partial charge in [0, 0.05) is 18.0 Å². The minimum absolute atomic E-state index is 0.0191. The van der Waals surface area contributed by atoms with Crippen molar-refractivity contribution < 1.29 is 19.1 Å². The van der Waals surface area contributed by atoms with E-state index in [0.717, 1.165) is 24.3 Å². The minimum atomic E-state index is -0.718. The van der Waals surface area contributed by atoms with Crippen molar-refractivity contribution in [2.45, 2.75) is 58.6 Å². The molecule has 0 radical (unpaired) electrons. The standard InChI is InChI=1S/C21H29NO4/c1-20(2,3)26-19(24)21(4)13-6-11-16(17(23)12-13)18(21)22-14-7-9-15(25-5)10-8-14/h7-10,13,16,18,22H,6,11-12H2,1-5H3/t13-,16+,18-,21-/m0/s1. The lowest BCUT2D eigenvalue weighted by atomic mass is 9.53. The molecule has 0 spiro atoms. The van der Waals surface area contributed by atoms with Crippen molar-refractivity contribution in [3.63, 3.8) is 0 Å². The van der Waals surface area contributed by atoms with Gasteiger partial charge < -0.3 is 14.8 Å². The number of nitrogens with one attached hydrogen (secondary N) is 1. The maximum atomic E-state index is 13.1. The van der Waals surface area contributed by atoms with Gasteiger partial charge in [0.05, 0.1) is 18.6 Å². The summed E-state index contributed by atoms with van der Waals surface area (Å²) in [4.78, 5) is 25.7. The lowest BCUT2D eigenvalue weighted by molar-refractivity contribution is -0.179. The van der Waals surface area contributed by atoms with Crippen LogP contribution in [0.1, 0.15) is 47.0 Å². The van der Waals surface area contributed by atoms with E-state index in [2.05, 4.69) is 5.32 Å². The maximum absolute atomic E-state index is 13.1. The number of ketones is 1. The molecule has 26 heavy (non-hydrogen) atoms. The zero-order valence-corrected chi connectivity index (χ0v) is 16.3. The Morgan fingerprint density at radius 2 is 1.85 bits per heavy atom. The quantitative estimate of drug-likeness (QED) is 0.828. The van der Waals surface area contributed by atoms with Crippen molar-refractivity contribution in [3.05, 3.63) is 24.3 Å². The second-order valence-corrected chi connectivity index (χ2v) is 8.69. The van der Waals surface area contributed by atoms with Crippen LogP contribution < -0.4 is 10.1 Å². The number of carbonyl (C=O) groups excluding carboxylic acids is 2. The van der Waals surface area contributed by atoms with Crippen molar-refractivity contribution in [3.8, 4) is 5.75 Å². The number of ether oxygens (including phenoxy) is 2. The molecule has 0 aliphatic heterocycles. The van der Waals surface area contributed by atoms with Gasteiger partial charge in [0.2, 0.25) is 0 Å². The molecule has 5 nitrogen and oxygen atoms in total. The Bertz CT molecular complexity index is 691. The zero-order chi connectivity index (χ0) is 19.1. The van der Waals surface area contributed by atoms with E-state index in [1.807, 2.05) is 52.0 Å². The van der Waals surface area contributed by atoms with E-state index in [9.17, 15) is 9.59 Å². The average Bonchev–Trinajstić information content (AvgIpc) is 2.57. The monoisotopic (exact) mass is 359 g/mol. The molecule has 1 N–H and O–H groups in total. The number of fused-ring (bicyclic) bond motifs is 3. The van der Waals surface area contributed by atoms with Gasteiger partial charge in [-0.1, -0.05) is 0 Å². The Morgan fingerprint density at radius 1 is 1.19 bits per heavy atom. The number of methoxy groups -OCH3 is 1. The van der Waals surface area contributed by atoms with Crippen LogP contribution in [0.2, 0.25) is 0 Å². The molecule has 5 heteroatoms. The van der Waals surface area contributed by atoms with Gasteiger partial charge in [-0.3, -0.25) is 9.59 Å². The zero-order valence-electron chi connectivity index (χ0n) is 16.3. The van der Waals surface area contributed by atoms with Crippen LogP contribution in [0.5, 0.6) is 5.75 Å². The lowest BCUT2D eigenvalue weighted by Gasteiger charge is -2.53. The number of rotatable bonds is 4. The largest absolute Gasteiger partial charge is 0.497 e. The summed E-state index contributed by atoms with van der Waals surface area (Å²) in [7, 11) is 1.63. The Kier molecular flexibility index (Phi) is 4.76. The number of benzene rings is 1. The smallest absolute Gasteiger partial charge is 0.314 e. The van der Waals surface area contributed by atoms with Crippen LogP contribution in [0.4, 0.5) is 5.69 Å². The second kappa shape index (κ2) is 6.60. The van der Waals surface area contributed by atoms with Gasteiger partial charge >= 0.3 is 5.97 Å². The molecule has 0 saturated heterocycles. The summed E-state index contributed by atoms with van der Waals surface area (Å²) < 4.78 is 11.0. The molecular weight excluding hydrogens is 330 g/mol. The summed E-state index contributed by atoms with van der Waals surface area (Å²) in [6.45, 7) is 7.61. The Morgan fingerprint density at radius 3 is 2.38 bits per heavy atom. The lowest BCUT2D eigenvalue weighted by Crippen LogP contribution is -2.62. The van der Waals surface area contributed by atoms with Crippen molar-refractivity contribution in [2.75, 3.05) is 12.4 Å². The van der Waals surface area contributed by atoms with Crippen molar-refractivity contribution in [1.29, 1.82) is 0 Å². The molecule has 3 aliphatic rings. The van der Waals surface area contributed by atoms with Crippen LogP contribution >= 0.6 is 0 Å². The van der Waals surface area contributed by atoms with Gasteiger partial charge in [0.15, 0.2) is 0 Å². The predicted molar refractivity (Wildman–Crippen MR) is 100 cm³/mol. The first kappa shape index (κ1) is 18.7. The number of carbonyl (C=O) groups is 2. The minimum Gasteiger partial charge on any atom is -0.497 e. The number of Topliss-reactive ketones (excluding diaryl/α,β-unsaturated/α-hetero) is 1. The van der Waals surface area contributed by atoms with E-state index >= 15 is 0 Å². The van der Waals surface area contributed by atoms with Gasteiger partial charge in [-0.15, -0.1) is 0 Å². The second-order valence-electron chi connectivity index (χ2n) is 8.69. The number of hydrogen-bond donors (Lipinski definition) is 1. The van der Waals surface area contributed by atoms with E-state index in [0.29, 0.717) is 6.42 Å². The molecule has 1 aromatic carbocycles. The van der Waals surface area contributed by atoms with Crippen LogP contribution in [-0.4, -0.2) is 30.5 Å². The Hall–Kier alpha value is -2.04. The topological polar surface area (TPSA) is 64.6 Å². The average molecular weight is 359 g/mol. The highest BCUT2D eigenvalue weighted by Gasteiger charge is 2.60. The Labute approximate surface area is 155 Å². The van der Waals surface area contributed by atoms with Crippen LogP contribution in [0.25, 0.3) is 0 Å². The molecule has 2 bridgehead atoms. The number of hydrogen-bond acceptors (Lipinski definition) is 5. The molecule has 3 fully saturated rings. The third kappa shape index (κ3) is 3.31. The number of esters is 1. The van der Waals surface area contributed by atoms with Crippen LogP contribution in [0.3, 0.4) is 0 Å². The molecule has 0 aromatic heterocycles. The summed E-state index contributed by atoms with van der Waals surface area (Å²) in [5, 5.41) is 3.47. The molecule has 4 atom stereocenters. The van der Waals surface area contributed by atoms with E-state index in [-0.39, 0.29) is 29.6 Å². The van der Waals surface area contributed by atoms with Crippen LogP contribution in [0, 0.1) is 17.3 Å². The van der Waals surface area contributed by atoms with Crippen molar-refractivity contribution in [2.24, 2.45) is 17.3 Å². The first-order valence-corrected chi connectivity index (χ1v) is 9.32. The highest BCUT2D eigenvalue weighted by Crippen LogP contribution is 2.53. The summed E-state index contributed by atoms with van der Waals surface area (Å²) in [5.41, 5.74) is -0.388. The molecular formula is C21H29NO4. The van der Waals surface area contributed by atoms with E-state index in [1.54, 1.807) is 7.11 Å². The van der Waals surface area contributed by atoms with Gasteiger partial charge in [-0.05, 0) is 70.7 Å². The summed E-state index contributed by atoms with van der Waals surface area (Å²) in [6, 6.07) is 7.32. The van der Waals surface area contributed by atoms with Crippen molar-refractivity contribution in [1.82, 2.24) is 0 Å². The Balaban J connectivity index is 1.92. The summed E-state index contributed by atoms with van der Waals surface area (Å²) in [5.74, 6) is 0.684. The predicted octanol–water partition coefficient (Wildman–Crippen LogP) is 3.82. The molecule has 3 aliphatic carbocycles. The molecule has 142 valence electrons. The molecule has 0 amide bonds. The fourth-order valence-electron chi connectivity index (χ4n) is 4.37. The molecule has 0 heterocycles. The third-order valence-electron chi connectivity index (χ3n) is 5.83. The van der Waals surface area contributed by atoms with Gasteiger partial charge in [0.1, 0.15) is 17.1 Å². The van der Waals surface area contributed by atoms with E-state index in [4.69, 9.17) is 9.47 Å². The van der Waals surface area contributed by atoms with Crippen molar-refractivity contribution >= 4 is 17.4 Å². The summed E-state index contributed by atoms with van der Waals surface area (Å²) in [6.07, 6.45) is 2.20. The summed E-state index contributed by atoms with van der Waals surface area (Å²) >= 11 is 0. The van der Waals surface area contributed by atoms with E-state index in [1.165, 1.54) is 0 Å². The van der Waals surface area contributed by atoms with Gasteiger partial charge in [0.25, 0.3) is 0 Å². The van der Waals surface area contributed by atoms with Crippen LogP contribution in [-0.2, 0) is 14.3 Å². The molecule has 4 rings (SSSR count). The fourth-order valence-corrected chi connectivity index (χ4v) is 4.37. The van der Waals surface area contributed by atoms with Crippen LogP contribution in [0.15, 0.2) is 24.3 Å². The third-order valence-corrected chi connectivity index (χ3v) is 5.83. The normalized spacial score (nSPS) is 30.8. The molecule has 3 saturated carbocycles. The molecule has 0 unspecified atom stereocenters. The maximum Gasteiger partial charge on any atom is 0.314 e. The SMILES string of the molecule is COc1ccc(N[C@H]2[C@@H]3CC[C@@H](CC3=O)[C@]2(C)C(=O)OC(C)(C)C)cc1. The molecule has 1 aromatic rings. The highest BCUT2D eigenvalue weighted by molar-refractivity contribution is 5.90. The van der Waals surface area contributed by atoms with E-state index < -0.39 is 11.0 Å². The van der Waals surface area contributed by atoms with Gasteiger partial charge in [-0.25, -0.2) is 0 Å². The number of anilines is 1. The first-order valence-electron chi connectivity index (χ1n) is 9.32.